The Labute approximate surface area is 111 Å². The zero-order valence-electron chi connectivity index (χ0n) is 10.4. The van der Waals surface area contributed by atoms with Gasteiger partial charge in [0.2, 0.25) is 0 Å². The predicted octanol–water partition coefficient (Wildman–Crippen LogP) is 3.51. The van der Waals surface area contributed by atoms with E-state index in [9.17, 15) is 0 Å². The molecule has 1 aromatic heterocycles. The second-order valence-electron chi connectivity index (χ2n) is 4.14. The first kappa shape index (κ1) is 11.4. The van der Waals surface area contributed by atoms with Crippen molar-refractivity contribution in [3.05, 3.63) is 78.9 Å². The van der Waals surface area contributed by atoms with Crippen molar-refractivity contribution in [3.63, 3.8) is 0 Å². The zero-order chi connectivity index (χ0) is 13.1. The molecule has 1 heterocycles. The molecule has 2 aromatic carbocycles. The van der Waals surface area contributed by atoms with Gasteiger partial charge in [-0.2, -0.15) is 0 Å². The minimum Gasteiger partial charge on any atom is -0.212 e. The molecule has 0 fully saturated rings. The Morgan fingerprint density at radius 2 is 1.74 bits per heavy atom. The van der Waals surface area contributed by atoms with Gasteiger partial charge in [0, 0.05) is 5.56 Å². The largest absolute Gasteiger partial charge is 0.212 e. The van der Waals surface area contributed by atoms with E-state index >= 15 is 0 Å². The van der Waals surface area contributed by atoms with Crippen LogP contribution in [0.25, 0.3) is 16.7 Å². The fraction of sp³-hybridized carbons (Fsp3) is 0. The normalized spacial score (nSPS) is 11.7. The number of benzene rings is 2. The molecule has 0 saturated carbocycles. The lowest BCUT2D eigenvalue weighted by Crippen LogP contribution is -2.01. The standard InChI is InChI=1S/C16H13N3/c1-2-8-15(13-9-4-3-5-10-13)19-16-12-7-6-11-14(16)17-18-19/h2-12H,1H2. The summed E-state index contributed by atoms with van der Waals surface area (Å²) in [5.74, 6) is 0. The van der Waals surface area contributed by atoms with Crippen molar-refractivity contribution >= 4 is 16.7 Å². The first-order chi connectivity index (χ1) is 9.40. The molecule has 92 valence electrons. The molecular formula is C16H13N3. The molecule has 3 heteroatoms. The van der Waals surface area contributed by atoms with Crippen LogP contribution < -0.4 is 0 Å². The molecule has 0 radical (unpaired) electrons. The molecule has 0 saturated heterocycles. The number of rotatable bonds is 3. The molecule has 0 amide bonds. The van der Waals surface area contributed by atoms with Gasteiger partial charge < -0.3 is 0 Å². The Balaban J connectivity index is 2.22. The van der Waals surface area contributed by atoms with Crippen molar-refractivity contribution in [2.45, 2.75) is 0 Å². The van der Waals surface area contributed by atoms with E-state index in [2.05, 4.69) is 16.9 Å². The van der Waals surface area contributed by atoms with Crippen molar-refractivity contribution in [2.75, 3.05) is 0 Å². The van der Waals surface area contributed by atoms with Crippen molar-refractivity contribution < 1.29 is 0 Å². The molecule has 3 nitrogen and oxygen atoms in total. The molecule has 3 rings (SSSR count). The maximum Gasteiger partial charge on any atom is 0.113 e. The van der Waals surface area contributed by atoms with E-state index in [1.54, 1.807) is 6.08 Å². The summed E-state index contributed by atoms with van der Waals surface area (Å²) in [6, 6.07) is 18.0. The maximum atomic E-state index is 4.24. The number of hydrogen-bond acceptors (Lipinski definition) is 2. The van der Waals surface area contributed by atoms with Crippen LogP contribution in [0.2, 0.25) is 0 Å². The van der Waals surface area contributed by atoms with Crippen LogP contribution in [0.15, 0.2) is 73.3 Å². The van der Waals surface area contributed by atoms with Gasteiger partial charge in [0.25, 0.3) is 0 Å². The fourth-order valence-corrected chi connectivity index (χ4v) is 2.06. The van der Waals surface area contributed by atoms with Crippen LogP contribution in [-0.4, -0.2) is 15.0 Å². The molecule has 0 spiro atoms. The van der Waals surface area contributed by atoms with Crippen LogP contribution in [-0.2, 0) is 0 Å². The van der Waals surface area contributed by atoms with Gasteiger partial charge in [0.1, 0.15) is 5.52 Å². The first-order valence-corrected chi connectivity index (χ1v) is 6.09. The second kappa shape index (κ2) is 4.90. The summed E-state index contributed by atoms with van der Waals surface area (Å²) in [4.78, 5) is 0. The Kier molecular flexibility index (Phi) is 2.94. The van der Waals surface area contributed by atoms with Crippen LogP contribution in [0, 0.1) is 0 Å². The van der Waals surface area contributed by atoms with Crippen LogP contribution in [0.4, 0.5) is 0 Å². The molecule has 0 aliphatic carbocycles. The van der Waals surface area contributed by atoms with Gasteiger partial charge in [0.05, 0.1) is 11.2 Å². The van der Waals surface area contributed by atoms with E-state index in [1.807, 2.05) is 65.4 Å². The van der Waals surface area contributed by atoms with Gasteiger partial charge in [-0.3, -0.25) is 0 Å². The minimum atomic E-state index is 0.883. The van der Waals surface area contributed by atoms with Gasteiger partial charge in [-0.1, -0.05) is 60.3 Å². The summed E-state index contributed by atoms with van der Waals surface area (Å²) in [6.07, 6.45) is 3.70. The smallest absolute Gasteiger partial charge is 0.113 e. The minimum absolute atomic E-state index is 0.883. The number of allylic oxidation sites excluding steroid dienone is 2. The fourth-order valence-electron chi connectivity index (χ4n) is 2.06. The summed E-state index contributed by atoms with van der Waals surface area (Å²) in [5, 5.41) is 8.43. The zero-order valence-corrected chi connectivity index (χ0v) is 10.4. The lowest BCUT2D eigenvalue weighted by Gasteiger charge is -2.07. The van der Waals surface area contributed by atoms with Crippen molar-refractivity contribution in [1.82, 2.24) is 15.0 Å². The molecule has 0 aliphatic rings. The molecule has 0 aliphatic heterocycles. The highest BCUT2D eigenvalue weighted by Gasteiger charge is 2.09. The van der Waals surface area contributed by atoms with E-state index < -0.39 is 0 Å². The summed E-state index contributed by atoms with van der Waals surface area (Å²) in [6.45, 7) is 3.78. The van der Waals surface area contributed by atoms with Gasteiger partial charge in [-0.25, -0.2) is 4.68 Å². The number of para-hydroxylation sites is 1. The lowest BCUT2D eigenvalue weighted by atomic mass is 10.1. The van der Waals surface area contributed by atoms with Crippen LogP contribution >= 0.6 is 0 Å². The quantitative estimate of drug-likeness (QED) is 0.663. The Morgan fingerprint density at radius 3 is 2.53 bits per heavy atom. The Morgan fingerprint density at radius 1 is 1.00 bits per heavy atom. The third kappa shape index (κ3) is 2.06. The number of nitrogens with zero attached hydrogens (tertiary/aromatic N) is 3. The average molecular weight is 247 g/mol. The van der Waals surface area contributed by atoms with E-state index in [4.69, 9.17) is 0 Å². The van der Waals surface area contributed by atoms with Gasteiger partial charge in [0.15, 0.2) is 0 Å². The number of hydrogen-bond donors (Lipinski definition) is 0. The highest BCUT2D eigenvalue weighted by Crippen LogP contribution is 2.20. The maximum absolute atomic E-state index is 4.24. The van der Waals surface area contributed by atoms with Gasteiger partial charge >= 0.3 is 0 Å². The summed E-state index contributed by atoms with van der Waals surface area (Å²) < 4.78 is 1.84. The second-order valence-corrected chi connectivity index (χ2v) is 4.14. The molecular weight excluding hydrogens is 234 g/mol. The third-order valence-electron chi connectivity index (χ3n) is 2.93. The van der Waals surface area contributed by atoms with Crippen molar-refractivity contribution in [1.29, 1.82) is 0 Å². The van der Waals surface area contributed by atoms with Crippen LogP contribution in [0.3, 0.4) is 0 Å². The van der Waals surface area contributed by atoms with Crippen molar-refractivity contribution in [3.8, 4) is 0 Å². The summed E-state index contributed by atoms with van der Waals surface area (Å²) >= 11 is 0. The lowest BCUT2D eigenvalue weighted by molar-refractivity contribution is 0.841. The molecule has 0 unspecified atom stereocenters. The summed E-state index contributed by atoms with van der Waals surface area (Å²) in [5.41, 5.74) is 3.91. The number of aromatic nitrogens is 3. The molecule has 19 heavy (non-hydrogen) atoms. The van der Waals surface area contributed by atoms with E-state index in [1.165, 1.54) is 0 Å². The molecule has 0 atom stereocenters. The Hall–Kier alpha value is -2.68. The number of fused-ring (bicyclic) bond motifs is 1. The van der Waals surface area contributed by atoms with Crippen LogP contribution in [0.5, 0.6) is 0 Å². The summed E-state index contributed by atoms with van der Waals surface area (Å²) in [7, 11) is 0. The van der Waals surface area contributed by atoms with Crippen LogP contribution in [0.1, 0.15) is 5.56 Å². The first-order valence-electron chi connectivity index (χ1n) is 6.09. The van der Waals surface area contributed by atoms with E-state index in [0.717, 1.165) is 22.3 Å². The predicted molar refractivity (Wildman–Crippen MR) is 77.5 cm³/mol. The monoisotopic (exact) mass is 247 g/mol. The molecule has 0 bridgehead atoms. The van der Waals surface area contributed by atoms with Gasteiger partial charge in [-0.15, -0.1) is 5.10 Å². The van der Waals surface area contributed by atoms with Gasteiger partial charge in [-0.05, 0) is 18.2 Å². The highest BCUT2D eigenvalue weighted by molar-refractivity contribution is 5.81. The Bertz CT molecular complexity index is 739. The van der Waals surface area contributed by atoms with E-state index in [0.29, 0.717) is 0 Å². The van der Waals surface area contributed by atoms with E-state index in [-0.39, 0.29) is 0 Å². The average Bonchev–Trinajstić information content (AvgIpc) is 2.89. The van der Waals surface area contributed by atoms with Crippen molar-refractivity contribution in [2.24, 2.45) is 0 Å². The molecule has 0 N–H and O–H groups in total. The topological polar surface area (TPSA) is 30.7 Å². The third-order valence-corrected chi connectivity index (χ3v) is 2.93. The molecule has 3 aromatic rings. The SMILES string of the molecule is C=CC=C(c1ccccc1)n1nnc2ccccc21. The highest BCUT2D eigenvalue weighted by atomic mass is 15.4.